The van der Waals surface area contributed by atoms with Crippen LogP contribution < -0.4 is 10.5 Å². The van der Waals surface area contributed by atoms with Crippen molar-refractivity contribution in [2.24, 2.45) is 0 Å². The van der Waals surface area contributed by atoms with E-state index in [4.69, 9.17) is 10.5 Å². The molecule has 0 spiro atoms. The lowest BCUT2D eigenvalue weighted by molar-refractivity contribution is 0.0601. The van der Waals surface area contributed by atoms with Crippen LogP contribution >= 0.6 is 0 Å². The van der Waals surface area contributed by atoms with Crippen LogP contribution in [0.2, 0.25) is 0 Å². The lowest BCUT2D eigenvalue weighted by Crippen LogP contribution is -2.07. The summed E-state index contributed by atoms with van der Waals surface area (Å²) in [5.41, 5.74) is 5.72. The average molecular weight is 182 g/mol. The Balaban J connectivity index is 3.05. The van der Waals surface area contributed by atoms with Gasteiger partial charge in [-0.2, -0.15) is 4.98 Å². The molecule has 0 aliphatic rings. The van der Waals surface area contributed by atoms with Crippen LogP contribution in [0.5, 0.6) is 5.88 Å². The van der Waals surface area contributed by atoms with Gasteiger partial charge in [0, 0.05) is 6.07 Å². The number of anilines is 1. The van der Waals surface area contributed by atoms with Crippen LogP contribution in [-0.2, 0) is 4.74 Å². The molecule has 70 valence electrons. The highest BCUT2D eigenvalue weighted by atomic mass is 16.5. The number of carbonyl (C=O) groups is 1. The van der Waals surface area contributed by atoms with E-state index in [9.17, 15) is 4.79 Å². The number of methoxy groups -OCH3 is 2. The number of carbonyl (C=O) groups excluding carboxylic acids is 1. The Kier molecular flexibility index (Phi) is 2.69. The van der Waals surface area contributed by atoms with Crippen LogP contribution in [0.25, 0.3) is 0 Å². The standard InChI is InChI=1S/C8H10N2O3/c1-12-6-4-3-5(7(9)10-6)8(11)13-2/h3-4H,1-2H3,(H2,9,10). The molecular formula is C8H10N2O3. The third-order valence-electron chi connectivity index (χ3n) is 1.51. The Morgan fingerprint density at radius 3 is 2.62 bits per heavy atom. The fraction of sp³-hybridized carbons (Fsp3) is 0.250. The van der Waals surface area contributed by atoms with E-state index >= 15 is 0 Å². The Morgan fingerprint density at radius 2 is 2.15 bits per heavy atom. The van der Waals surface area contributed by atoms with E-state index in [-0.39, 0.29) is 11.4 Å². The van der Waals surface area contributed by atoms with Crippen molar-refractivity contribution in [3.05, 3.63) is 17.7 Å². The van der Waals surface area contributed by atoms with Crippen LogP contribution in [0.15, 0.2) is 12.1 Å². The number of nitrogen functional groups attached to an aromatic ring is 1. The third kappa shape index (κ3) is 1.87. The first kappa shape index (κ1) is 9.31. The Morgan fingerprint density at radius 1 is 1.46 bits per heavy atom. The van der Waals surface area contributed by atoms with E-state index in [1.165, 1.54) is 20.3 Å². The molecular weight excluding hydrogens is 172 g/mol. The van der Waals surface area contributed by atoms with Gasteiger partial charge in [0.15, 0.2) is 0 Å². The highest BCUT2D eigenvalue weighted by Crippen LogP contribution is 2.14. The van der Waals surface area contributed by atoms with Crippen LogP contribution in [0.4, 0.5) is 5.82 Å². The minimum absolute atomic E-state index is 0.103. The van der Waals surface area contributed by atoms with Gasteiger partial charge < -0.3 is 15.2 Å². The number of hydrogen-bond acceptors (Lipinski definition) is 5. The molecule has 13 heavy (non-hydrogen) atoms. The molecule has 0 aliphatic carbocycles. The first-order chi connectivity index (χ1) is 6.19. The fourth-order valence-electron chi connectivity index (χ4n) is 0.852. The van der Waals surface area contributed by atoms with Crippen molar-refractivity contribution in [3.63, 3.8) is 0 Å². The maximum atomic E-state index is 11.1. The van der Waals surface area contributed by atoms with Crippen molar-refractivity contribution >= 4 is 11.8 Å². The SMILES string of the molecule is COC(=O)c1ccc(OC)nc1N. The highest BCUT2D eigenvalue weighted by Gasteiger charge is 2.11. The van der Waals surface area contributed by atoms with E-state index in [0.717, 1.165) is 0 Å². The molecule has 0 saturated heterocycles. The zero-order valence-electron chi connectivity index (χ0n) is 7.40. The van der Waals surface area contributed by atoms with Crippen LogP contribution in [0.3, 0.4) is 0 Å². The summed E-state index contributed by atoms with van der Waals surface area (Å²) in [4.78, 5) is 14.9. The van der Waals surface area contributed by atoms with Gasteiger partial charge in [-0.1, -0.05) is 0 Å². The Bertz CT molecular complexity index is 325. The molecule has 0 amide bonds. The van der Waals surface area contributed by atoms with Crippen LogP contribution in [-0.4, -0.2) is 25.2 Å². The summed E-state index contributed by atoms with van der Waals surface area (Å²) in [6.45, 7) is 0. The van der Waals surface area contributed by atoms with Gasteiger partial charge in [0.1, 0.15) is 11.4 Å². The summed E-state index contributed by atoms with van der Waals surface area (Å²) in [7, 11) is 2.76. The molecule has 1 rings (SSSR count). The quantitative estimate of drug-likeness (QED) is 0.672. The molecule has 0 atom stereocenters. The Hall–Kier alpha value is -1.78. The maximum Gasteiger partial charge on any atom is 0.341 e. The lowest BCUT2D eigenvalue weighted by Gasteiger charge is -2.04. The summed E-state index contributed by atoms with van der Waals surface area (Å²) in [5, 5.41) is 0. The van der Waals surface area contributed by atoms with E-state index in [2.05, 4.69) is 9.72 Å². The first-order valence-electron chi connectivity index (χ1n) is 3.58. The number of rotatable bonds is 2. The third-order valence-corrected chi connectivity index (χ3v) is 1.51. The molecule has 1 aromatic heterocycles. The van der Waals surface area contributed by atoms with Crippen molar-refractivity contribution < 1.29 is 14.3 Å². The number of esters is 1. The van der Waals surface area contributed by atoms with Crippen LogP contribution in [0, 0.1) is 0 Å². The van der Waals surface area contributed by atoms with E-state index in [1.807, 2.05) is 0 Å². The molecule has 0 aliphatic heterocycles. The predicted molar refractivity (Wildman–Crippen MR) is 46.5 cm³/mol. The van der Waals surface area contributed by atoms with Crippen molar-refractivity contribution in [3.8, 4) is 5.88 Å². The van der Waals surface area contributed by atoms with Crippen molar-refractivity contribution in [2.75, 3.05) is 20.0 Å². The average Bonchev–Trinajstić information content (AvgIpc) is 2.16. The molecule has 0 aromatic carbocycles. The van der Waals surface area contributed by atoms with Crippen molar-refractivity contribution in [1.82, 2.24) is 4.98 Å². The normalized spacial score (nSPS) is 9.38. The lowest BCUT2D eigenvalue weighted by atomic mass is 10.2. The molecule has 0 radical (unpaired) electrons. The molecule has 0 fully saturated rings. The first-order valence-corrected chi connectivity index (χ1v) is 3.58. The second kappa shape index (κ2) is 3.75. The number of ether oxygens (including phenoxy) is 2. The monoisotopic (exact) mass is 182 g/mol. The van der Waals surface area contributed by atoms with Crippen molar-refractivity contribution in [1.29, 1.82) is 0 Å². The minimum Gasteiger partial charge on any atom is -0.481 e. The number of nitrogens with zero attached hydrogens (tertiary/aromatic N) is 1. The summed E-state index contributed by atoms with van der Waals surface area (Å²) >= 11 is 0. The molecule has 0 saturated carbocycles. The molecule has 1 heterocycles. The molecule has 0 unspecified atom stereocenters. The molecule has 5 heteroatoms. The second-order valence-electron chi connectivity index (χ2n) is 2.28. The zero-order chi connectivity index (χ0) is 9.84. The van der Waals surface area contributed by atoms with Gasteiger partial charge in [-0.05, 0) is 6.07 Å². The summed E-state index contributed by atoms with van der Waals surface area (Å²) in [6.07, 6.45) is 0. The van der Waals surface area contributed by atoms with Gasteiger partial charge in [-0.15, -0.1) is 0 Å². The highest BCUT2D eigenvalue weighted by molar-refractivity contribution is 5.94. The number of pyridine rings is 1. The minimum atomic E-state index is -0.507. The fourth-order valence-corrected chi connectivity index (χ4v) is 0.852. The van der Waals surface area contributed by atoms with Crippen LogP contribution in [0.1, 0.15) is 10.4 Å². The summed E-state index contributed by atoms with van der Waals surface area (Å²) in [6, 6.07) is 3.05. The molecule has 2 N–H and O–H groups in total. The number of aromatic nitrogens is 1. The van der Waals surface area contributed by atoms with Gasteiger partial charge >= 0.3 is 5.97 Å². The zero-order valence-corrected chi connectivity index (χ0v) is 7.40. The summed E-state index contributed by atoms with van der Waals surface area (Å²) in [5.74, 6) is -0.0380. The Labute approximate surface area is 75.5 Å². The summed E-state index contributed by atoms with van der Waals surface area (Å²) < 4.78 is 9.31. The smallest absolute Gasteiger partial charge is 0.341 e. The van der Waals surface area contributed by atoms with E-state index < -0.39 is 5.97 Å². The van der Waals surface area contributed by atoms with Crippen molar-refractivity contribution in [2.45, 2.75) is 0 Å². The second-order valence-corrected chi connectivity index (χ2v) is 2.28. The predicted octanol–water partition coefficient (Wildman–Crippen LogP) is 0.459. The van der Waals surface area contributed by atoms with Gasteiger partial charge in [0.25, 0.3) is 0 Å². The largest absolute Gasteiger partial charge is 0.481 e. The van der Waals surface area contributed by atoms with Gasteiger partial charge in [0.05, 0.1) is 14.2 Å². The molecule has 1 aromatic rings. The molecule has 5 nitrogen and oxygen atoms in total. The maximum absolute atomic E-state index is 11.1. The topological polar surface area (TPSA) is 74.4 Å². The van der Waals surface area contributed by atoms with Gasteiger partial charge in [0.2, 0.25) is 5.88 Å². The number of hydrogen-bond donors (Lipinski definition) is 1. The van der Waals surface area contributed by atoms with E-state index in [0.29, 0.717) is 5.88 Å². The van der Waals surface area contributed by atoms with Gasteiger partial charge in [-0.25, -0.2) is 4.79 Å². The number of nitrogens with two attached hydrogens (primary N) is 1. The molecule has 0 bridgehead atoms. The van der Waals surface area contributed by atoms with E-state index in [1.54, 1.807) is 6.07 Å². The van der Waals surface area contributed by atoms with Gasteiger partial charge in [-0.3, -0.25) is 0 Å².